The predicted molar refractivity (Wildman–Crippen MR) is 98.6 cm³/mol. The number of hydrogen-bond donors (Lipinski definition) is 1. The molecule has 2 aromatic rings. The van der Waals surface area contributed by atoms with Gasteiger partial charge in [-0.25, -0.2) is 8.42 Å². The third-order valence-corrected chi connectivity index (χ3v) is 6.75. The molecule has 0 aliphatic carbocycles. The number of benzene rings is 2. The Balaban J connectivity index is 1.80. The van der Waals surface area contributed by atoms with Gasteiger partial charge in [0.2, 0.25) is 9.84 Å². The maximum atomic E-state index is 12.7. The van der Waals surface area contributed by atoms with E-state index in [1.807, 2.05) is 4.90 Å². The average Bonchev–Trinajstić information content (AvgIpc) is 2.62. The molecule has 132 valence electrons. The Labute approximate surface area is 156 Å². The minimum Gasteiger partial charge on any atom is -0.334 e. The monoisotopic (exact) mass is 423 g/mol. The SMILES string of the molecule is C[NH+]1CCN(C(=O)c2ccc(S(=O)(=O)c3ccc(Br)cc3)cc2)CC1. The molecule has 1 amide bonds. The van der Waals surface area contributed by atoms with Gasteiger partial charge in [0, 0.05) is 10.0 Å². The standard InChI is InChI=1S/C18H19BrN2O3S/c1-20-10-12-21(13-11-20)18(22)14-2-6-16(7-3-14)25(23,24)17-8-4-15(19)5-9-17/h2-9H,10-13H2,1H3/p+1. The summed E-state index contributed by atoms with van der Waals surface area (Å²) in [4.78, 5) is 16.2. The van der Waals surface area contributed by atoms with E-state index in [1.165, 1.54) is 17.0 Å². The quantitative estimate of drug-likeness (QED) is 0.807. The predicted octanol–water partition coefficient (Wildman–Crippen LogP) is 1.25. The van der Waals surface area contributed by atoms with E-state index >= 15 is 0 Å². The first kappa shape index (κ1) is 18.1. The molecule has 5 nitrogen and oxygen atoms in total. The molecule has 0 spiro atoms. The van der Waals surface area contributed by atoms with Crippen LogP contribution >= 0.6 is 15.9 Å². The summed E-state index contributed by atoms with van der Waals surface area (Å²) in [7, 11) is -1.46. The molecular weight excluding hydrogens is 404 g/mol. The van der Waals surface area contributed by atoms with Crippen LogP contribution in [-0.4, -0.2) is 52.5 Å². The second-order valence-electron chi connectivity index (χ2n) is 6.23. The molecule has 1 aliphatic rings. The first-order valence-electron chi connectivity index (χ1n) is 8.09. The van der Waals surface area contributed by atoms with E-state index < -0.39 is 9.84 Å². The van der Waals surface area contributed by atoms with Crippen molar-refractivity contribution in [3.05, 3.63) is 58.6 Å². The third-order valence-electron chi connectivity index (χ3n) is 4.44. The topological polar surface area (TPSA) is 58.9 Å². The van der Waals surface area contributed by atoms with E-state index in [-0.39, 0.29) is 15.7 Å². The van der Waals surface area contributed by atoms with Crippen molar-refractivity contribution in [2.75, 3.05) is 33.2 Å². The molecule has 3 rings (SSSR count). The normalized spacial score (nSPS) is 16.0. The van der Waals surface area contributed by atoms with Crippen LogP contribution in [0.1, 0.15) is 10.4 Å². The highest BCUT2D eigenvalue weighted by molar-refractivity contribution is 9.10. The number of amides is 1. The van der Waals surface area contributed by atoms with Crippen molar-refractivity contribution in [1.82, 2.24) is 4.90 Å². The molecule has 1 fully saturated rings. The molecular formula is C18H20BrN2O3S+. The van der Waals surface area contributed by atoms with Crippen LogP contribution in [-0.2, 0) is 9.84 Å². The fraction of sp³-hybridized carbons (Fsp3) is 0.278. The number of nitrogens with zero attached hydrogens (tertiary/aromatic N) is 1. The molecule has 1 heterocycles. The number of nitrogens with one attached hydrogen (secondary N) is 1. The van der Waals surface area contributed by atoms with Crippen molar-refractivity contribution in [3.8, 4) is 0 Å². The zero-order valence-electron chi connectivity index (χ0n) is 13.9. The minimum atomic E-state index is -3.58. The molecule has 1 saturated heterocycles. The Bertz CT molecular complexity index is 856. The number of hydrogen-bond acceptors (Lipinski definition) is 3. The minimum absolute atomic E-state index is 0.0416. The second kappa shape index (κ2) is 7.27. The number of rotatable bonds is 3. The number of halogens is 1. The molecule has 25 heavy (non-hydrogen) atoms. The van der Waals surface area contributed by atoms with Crippen molar-refractivity contribution < 1.29 is 18.1 Å². The van der Waals surface area contributed by atoms with Crippen LogP contribution in [0.5, 0.6) is 0 Å². The van der Waals surface area contributed by atoms with E-state index in [0.29, 0.717) is 5.56 Å². The average molecular weight is 424 g/mol. The Morgan fingerprint density at radius 1 is 0.960 bits per heavy atom. The number of piperazine rings is 1. The lowest BCUT2D eigenvalue weighted by Gasteiger charge is -2.30. The highest BCUT2D eigenvalue weighted by Crippen LogP contribution is 2.23. The van der Waals surface area contributed by atoms with Crippen LogP contribution in [0.15, 0.2) is 62.8 Å². The van der Waals surface area contributed by atoms with Gasteiger partial charge in [-0.2, -0.15) is 0 Å². The first-order valence-corrected chi connectivity index (χ1v) is 10.4. The summed E-state index contributed by atoms with van der Waals surface area (Å²) in [5.41, 5.74) is 0.523. The molecule has 2 aromatic carbocycles. The number of sulfone groups is 1. The molecule has 0 aromatic heterocycles. The zero-order chi connectivity index (χ0) is 18.0. The Morgan fingerprint density at radius 2 is 1.44 bits per heavy atom. The summed E-state index contributed by atoms with van der Waals surface area (Å²) in [6, 6.07) is 12.7. The van der Waals surface area contributed by atoms with E-state index in [4.69, 9.17) is 0 Å². The van der Waals surface area contributed by atoms with Crippen molar-refractivity contribution >= 4 is 31.7 Å². The lowest BCUT2D eigenvalue weighted by Crippen LogP contribution is -3.12. The van der Waals surface area contributed by atoms with Gasteiger partial charge in [-0.05, 0) is 48.5 Å². The fourth-order valence-corrected chi connectivity index (χ4v) is 4.33. The number of likely N-dealkylation sites (N-methyl/N-ethyl adjacent to an activating group) is 1. The van der Waals surface area contributed by atoms with Crippen LogP contribution in [0, 0.1) is 0 Å². The number of carbonyl (C=O) groups excluding carboxylic acids is 1. The largest absolute Gasteiger partial charge is 0.334 e. The lowest BCUT2D eigenvalue weighted by atomic mass is 10.2. The summed E-state index contributed by atoms with van der Waals surface area (Å²) in [5.74, 6) is -0.0416. The van der Waals surface area contributed by atoms with Crippen molar-refractivity contribution in [3.63, 3.8) is 0 Å². The van der Waals surface area contributed by atoms with Gasteiger partial charge in [-0.1, -0.05) is 15.9 Å². The van der Waals surface area contributed by atoms with E-state index in [2.05, 4.69) is 23.0 Å². The summed E-state index contributed by atoms with van der Waals surface area (Å²) in [6.07, 6.45) is 0. The van der Waals surface area contributed by atoms with E-state index in [0.717, 1.165) is 30.7 Å². The van der Waals surface area contributed by atoms with Gasteiger partial charge in [0.15, 0.2) is 0 Å². The van der Waals surface area contributed by atoms with Crippen LogP contribution in [0.3, 0.4) is 0 Å². The number of carbonyl (C=O) groups is 1. The summed E-state index contributed by atoms with van der Waals surface area (Å²) >= 11 is 3.30. The lowest BCUT2D eigenvalue weighted by molar-refractivity contribution is -0.883. The van der Waals surface area contributed by atoms with Gasteiger partial charge in [0.05, 0.1) is 43.0 Å². The van der Waals surface area contributed by atoms with Crippen LogP contribution in [0.25, 0.3) is 0 Å². The molecule has 0 bridgehead atoms. The first-order chi connectivity index (χ1) is 11.9. The van der Waals surface area contributed by atoms with Gasteiger partial charge in [0.1, 0.15) is 0 Å². The zero-order valence-corrected chi connectivity index (χ0v) is 16.3. The number of quaternary nitrogens is 1. The summed E-state index contributed by atoms with van der Waals surface area (Å²) in [6.45, 7) is 3.32. The Kier molecular flexibility index (Phi) is 5.27. The van der Waals surface area contributed by atoms with E-state index in [9.17, 15) is 13.2 Å². The maximum absolute atomic E-state index is 12.7. The maximum Gasteiger partial charge on any atom is 0.254 e. The van der Waals surface area contributed by atoms with Gasteiger partial charge in [-0.3, -0.25) is 4.79 Å². The molecule has 0 atom stereocenters. The summed E-state index contributed by atoms with van der Waals surface area (Å²) < 4.78 is 26.1. The van der Waals surface area contributed by atoms with Crippen molar-refractivity contribution in [1.29, 1.82) is 0 Å². The second-order valence-corrected chi connectivity index (χ2v) is 9.10. The molecule has 7 heteroatoms. The van der Waals surface area contributed by atoms with Gasteiger partial charge in [0.25, 0.3) is 5.91 Å². The highest BCUT2D eigenvalue weighted by atomic mass is 79.9. The van der Waals surface area contributed by atoms with Crippen molar-refractivity contribution in [2.24, 2.45) is 0 Å². The van der Waals surface area contributed by atoms with E-state index in [1.54, 1.807) is 36.4 Å². The van der Waals surface area contributed by atoms with Crippen LogP contribution < -0.4 is 4.90 Å². The van der Waals surface area contributed by atoms with Gasteiger partial charge >= 0.3 is 0 Å². The fourth-order valence-electron chi connectivity index (χ4n) is 2.80. The summed E-state index contributed by atoms with van der Waals surface area (Å²) in [5, 5.41) is 0. The van der Waals surface area contributed by atoms with Crippen LogP contribution in [0.4, 0.5) is 0 Å². The van der Waals surface area contributed by atoms with Crippen LogP contribution in [0.2, 0.25) is 0 Å². The van der Waals surface area contributed by atoms with Gasteiger partial charge in [-0.15, -0.1) is 0 Å². The Hall–Kier alpha value is -1.70. The highest BCUT2D eigenvalue weighted by Gasteiger charge is 2.23. The smallest absolute Gasteiger partial charge is 0.254 e. The Morgan fingerprint density at radius 3 is 1.96 bits per heavy atom. The third kappa shape index (κ3) is 3.94. The van der Waals surface area contributed by atoms with Crippen molar-refractivity contribution in [2.45, 2.75) is 9.79 Å². The molecule has 0 unspecified atom stereocenters. The molecule has 0 radical (unpaired) electrons. The molecule has 1 aliphatic heterocycles. The molecule has 0 saturated carbocycles. The molecule has 1 N–H and O–H groups in total. The van der Waals surface area contributed by atoms with Gasteiger partial charge < -0.3 is 9.80 Å².